The zero-order valence-electron chi connectivity index (χ0n) is 13.0. The Morgan fingerprint density at radius 3 is 2.38 bits per heavy atom. The van der Waals surface area contributed by atoms with E-state index < -0.39 is 63.5 Å². The van der Waals surface area contributed by atoms with Crippen LogP contribution in [0.1, 0.15) is 23.7 Å². The standard InChI is InChI=1S/C15H9F4N3O4/c1-2-26-15(25)6-5-22(21-7(23)3-4-20)13-8(14(6)24)9(16)10(17)11(18)12(13)19/h5H,2-3H2,1H3,(H,21,23). The van der Waals surface area contributed by atoms with Gasteiger partial charge < -0.3 is 4.74 Å². The van der Waals surface area contributed by atoms with Crippen molar-refractivity contribution in [3.8, 4) is 6.07 Å². The number of halogens is 4. The molecule has 0 spiro atoms. The van der Waals surface area contributed by atoms with E-state index in [0.29, 0.717) is 10.9 Å². The van der Waals surface area contributed by atoms with Crippen LogP contribution in [0, 0.1) is 34.6 Å². The predicted octanol–water partition coefficient (Wildman–Crippen LogP) is 1.72. The van der Waals surface area contributed by atoms with Crippen molar-refractivity contribution in [2.75, 3.05) is 12.0 Å². The van der Waals surface area contributed by atoms with Crippen molar-refractivity contribution in [3.63, 3.8) is 0 Å². The van der Waals surface area contributed by atoms with Crippen LogP contribution in [0.4, 0.5) is 17.6 Å². The van der Waals surface area contributed by atoms with Gasteiger partial charge in [-0.05, 0) is 6.92 Å². The van der Waals surface area contributed by atoms with Gasteiger partial charge in [0.2, 0.25) is 5.43 Å². The molecule has 136 valence electrons. The molecule has 1 amide bonds. The van der Waals surface area contributed by atoms with Gasteiger partial charge in [-0.1, -0.05) is 0 Å². The first-order chi connectivity index (χ1) is 12.2. The van der Waals surface area contributed by atoms with Gasteiger partial charge in [0.25, 0.3) is 5.91 Å². The fraction of sp³-hybridized carbons (Fsp3) is 0.200. The Balaban J connectivity index is 2.93. The lowest BCUT2D eigenvalue weighted by Gasteiger charge is -2.15. The highest BCUT2D eigenvalue weighted by Gasteiger charge is 2.28. The van der Waals surface area contributed by atoms with Crippen LogP contribution in [-0.2, 0) is 9.53 Å². The average molecular weight is 371 g/mol. The van der Waals surface area contributed by atoms with Gasteiger partial charge >= 0.3 is 5.97 Å². The fourth-order valence-corrected chi connectivity index (χ4v) is 2.13. The number of aromatic nitrogens is 1. The zero-order chi connectivity index (χ0) is 19.6. The van der Waals surface area contributed by atoms with Crippen LogP contribution in [0.25, 0.3) is 10.9 Å². The van der Waals surface area contributed by atoms with Crippen LogP contribution < -0.4 is 10.9 Å². The first kappa shape index (κ1) is 18.9. The predicted molar refractivity (Wildman–Crippen MR) is 78.6 cm³/mol. The monoisotopic (exact) mass is 371 g/mol. The minimum absolute atomic E-state index is 0.175. The molecule has 0 atom stereocenters. The molecule has 0 fully saturated rings. The molecule has 0 bridgehead atoms. The van der Waals surface area contributed by atoms with Crippen LogP contribution in [0.3, 0.4) is 0 Å². The number of nitrogens with zero attached hydrogens (tertiary/aromatic N) is 2. The summed E-state index contributed by atoms with van der Waals surface area (Å²) >= 11 is 0. The molecular formula is C15H9F4N3O4. The Labute approximate surface area is 142 Å². The minimum atomic E-state index is -2.26. The summed E-state index contributed by atoms with van der Waals surface area (Å²) in [4.78, 5) is 35.7. The normalized spacial score (nSPS) is 10.5. The number of hydrogen-bond acceptors (Lipinski definition) is 5. The van der Waals surface area contributed by atoms with Gasteiger partial charge in [0.15, 0.2) is 23.3 Å². The Morgan fingerprint density at radius 1 is 1.19 bits per heavy atom. The summed E-state index contributed by atoms with van der Waals surface area (Å²) in [7, 11) is 0. The van der Waals surface area contributed by atoms with Gasteiger partial charge in [-0.3, -0.25) is 19.7 Å². The van der Waals surface area contributed by atoms with Crippen molar-refractivity contribution >= 4 is 22.8 Å². The first-order valence-electron chi connectivity index (χ1n) is 6.99. The van der Waals surface area contributed by atoms with Crippen molar-refractivity contribution in [1.82, 2.24) is 4.68 Å². The van der Waals surface area contributed by atoms with E-state index >= 15 is 0 Å². The second-order valence-electron chi connectivity index (χ2n) is 4.81. The highest BCUT2D eigenvalue weighted by atomic mass is 19.2. The van der Waals surface area contributed by atoms with Crippen molar-refractivity contribution in [2.45, 2.75) is 13.3 Å². The molecule has 2 rings (SSSR count). The summed E-state index contributed by atoms with van der Waals surface area (Å²) in [5, 5.41) is 7.17. The molecule has 0 saturated heterocycles. The van der Waals surface area contributed by atoms with Crippen molar-refractivity contribution < 1.29 is 31.9 Å². The number of rotatable bonds is 4. The van der Waals surface area contributed by atoms with E-state index in [1.54, 1.807) is 0 Å². The molecule has 7 nitrogen and oxygen atoms in total. The Morgan fingerprint density at radius 2 is 1.81 bits per heavy atom. The van der Waals surface area contributed by atoms with E-state index in [0.717, 1.165) is 0 Å². The van der Waals surface area contributed by atoms with Gasteiger partial charge in [-0.2, -0.15) is 5.26 Å². The molecule has 1 N–H and O–H groups in total. The summed E-state index contributed by atoms with van der Waals surface area (Å²) < 4.78 is 60.2. The lowest BCUT2D eigenvalue weighted by atomic mass is 10.1. The van der Waals surface area contributed by atoms with Crippen molar-refractivity contribution in [3.05, 3.63) is 45.3 Å². The lowest BCUT2D eigenvalue weighted by molar-refractivity contribution is -0.116. The number of benzene rings is 1. The Hall–Kier alpha value is -3.42. The quantitative estimate of drug-likeness (QED) is 0.382. The summed E-state index contributed by atoms with van der Waals surface area (Å²) in [6.45, 7) is 1.23. The molecule has 0 aliphatic rings. The zero-order valence-corrected chi connectivity index (χ0v) is 13.0. The van der Waals surface area contributed by atoms with Gasteiger partial charge in [-0.15, -0.1) is 0 Å². The van der Waals surface area contributed by atoms with Crippen molar-refractivity contribution in [2.24, 2.45) is 0 Å². The average Bonchev–Trinajstić information content (AvgIpc) is 2.59. The lowest BCUT2D eigenvalue weighted by Crippen LogP contribution is -2.29. The Kier molecular flexibility index (Phi) is 5.25. The molecule has 2 aromatic rings. The third kappa shape index (κ3) is 3.08. The molecule has 0 aliphatic carbocycles. The molecule has 1 heterocycles. The van der Waals surface area contributed by atoms with Gasteiger partial charge in [0, 0.05) is 6.20 Å². The topological polar surface area (TPSA) is 101 Å². The summed E-state index contributed by atoms with van der Waals surface area (Å²) in [6.07, 6.45) is -0.159. The summed E-state index contributed by atoms with van der Waals surface area (Å²) in [6, 6.07) is 1.47. The second kappa shape index (κ2) is 7.22. The minimum Gasteiger partial charge on any atom is -0.462 e. The third-order valence-corrected chi connectivity index (χ3v) is 3.19. The van der Waals surface area contributed by atoms with E-state index in [9.17, 15) is 31.9 Å². The highest BCUT2D eigenvalue weighted by Crippen LogP contribution is 2.25. The molecule has 0 aliphatic heterocycles. The summed E-state index contributed by atoms with van der Waals surface area (Å²) in [5.74, 6) is -10.8. The number of amides is 1. The molecule has 0 unspecified atom stereocenters. The van der Waals surface area contributed by atoms with Gasteiger partial charge in [0.05, 0.1) is 18.1 Å². The van der Waals surface area contributed by atoms with Crippen LogP contribution in [0.15, 0.2) is 11.0 Å². The number of nitriles is 1. The van der Waals surface area contributed by atoms with Gasteiger partial charge in [0.1, 0.15) is 17.5 Å². The van der Waals surface area contributed by atoms with Crippen LogP contribution in [-0.4, -0.2) is 23.2 Å². The molecule has 0 saturated carbocycles. The van der Waals surface area contributed by atoms with E-state index in [-0.39, 0.29) is 6.61 Å². The maximum absolute atomic E-state index is 14.1. The number of fused-ring (bicyclic) bond motifs is 1. The Bertz CT molecular complexity index is 1030. The number of hydrogen-bond donors (Lipinski definition) is 1. The van der Waals surface area contributed by atoms with Crippen LogP contribution >= 0.6 is 0 Å². The number of esters is 1. The fourth-order valence-electron chi connectivity index (χ4n) is 2.13. The van der Waals surface area contributed by atoms with Crippen molar-refractivity contribution in [1.29, 1.82) is 5.26 Å². The third-order valence-electron chi connectivity index (χ3n) is 3.19. The van der Waals surface area contributed by atoms with Crippen LogP contribution in [0.5, 0.6) is 0 Å². The number of ether oxygens (including phenoxy) is 1. The van der Waals surface area contributed by atoms with Gasteiger partial charge in [-0.25, -0.2) is 22.4 Å². The maximum Gasteiger partial charge on any atom is 0.343 e. The van der Waals surface area contributed by atoms with E-state index in [1.165, 1.54) is 13.0 Å². The number of carbonyl (C=O) groups excluding carboxylic acids is 2. The highest BCUT2D eigenvalue weighted by molar-refractivity contribution is 5.95. The van der Waals surface area contributed by atoms with E-state index in [2.05, 4.69) is 4.74 Å². The molecule has 26 heavy (non-hydrogen) atoms. The maximum atomic E-state index is 14.1. The number of pyridine rings is 1. The smallest absolute Gasteiger partial charge is 0.343 e. The molecule has 0 radical (unpaired) electrons. The SMILES string of the molecule is CCOC(=O)c1cn(NC(=O)CC#N)c2c(F)c(F)c(F)c(F)c2c1=O. The molecule has 1 aromatic heterocycles. The first-order valence-corrected chi connectivity index (χ1v) is 6.99. The second-order valence-corrected chi connectivity index (χ2v) is 4.81. The molecular weight excluding hydrogens is 362 g/mol. The molecule has 11 heteroatoms. The summed E-state index contributed by atoms with van der Waals surface area (Å²) in [5.41, 5.74) is -1.59. The van der Waals surface area contributed by atoms with E-state index in [4.69, 9.17) is 5.26 Å². The number of carbonyl (C=O) groups is 2. The number of nitrogens with one attached hydrogen (secondary N) is 1. The molecule has 1 aromatic carbocycles. The van der Waals surface area contributed by atoms with E-state index in [1.807, 2.05) is 5.43 Å². The largest absolute Gasteiger partial charge is 0.462 e. The van der Waals surface area contributed by atoms with Crippen LogP contribution in [0.2, 0.25) is 0 Å².